The van der Waals surface area contributed by atoms with E-state index in [4.69, 9.17) is 16.3 Å². The average molecular weight is 573 g/mol. The number of hydrogen-bond acceptors (Lipinski definition) is 4. The third-order valence-corrected chi connectivity index (χ3v) is 5.02. The van der Waals surface area contributed by atoms with Crippen molar-refractivity contribution in [3.8, 4) is 5.88 Å². The van der Waals surface area contributed by atoms with Gasteiger partial charge in [0, 0.05) is 45.0 Å². The molecule has 1 aliphatic rings. The molecule has 1 saturated heterocycles. The number of hydrogen-bond donors (Lipinski definition) is 1. The van der Waals surface area contributed by atoms with Crippen LogP contribution in [-0.2, 0) is 13.2 Å². The highest BCUT2D eigenvalue weighted by Gasteiger charge is 2.32. The van der Waals surface area contributed by atoms with E-state index in [0.29, 0.717) is 18.7 Å². The lowest BCUT2D eigenvalue weighted by molar-refractivity contribution is -0.137. The first-order chi connectivity index (χ1) is 14.3. The predicted molar refractivity (Wildman–Crippen MR) is 123 cm³/mol. The molecule has 2 aromatic heterocycles. The summed E-state index contributed by atoms with van der Waals surface area (Å²) < 4.78 is 45.3. The molecule has 31 heavy (non-hydrogen) atoms. The van der Waals surface area contributed by atoms with Crippen LogP contribution in [-0.4, -0.2) is 58.4 Å². The van der Waals surface area contributed by atoms with Crippen LogP contribution in [0, 0.1) is 0 Å². The number of nitrogens with zero attached hydrogens (tertiary/aromatic N) is 5. The molecule has 172 valence electrons. The lowest BCUT2D eigenvalue weighted by Crippen LogP contribution is -2.40. The van der Waals surface area contributed by atoms with Gasteiger partial charge in [-0.1, -0.05) is 11.6 Å². The number of aromatic nitrogens is 3. The molecule has 0 spiro atoms. The highest BCUT2D eigenvalue weighted by molar-refractivity contribution is 14.0. The highest BCUT2D eigenvalue weighted by Crippen LogP contribution is 2.33. The van der Waals surface area contributed by atoms with Crippen molar-refractivity contribution in [3.63, 3.8) is 0 Å². The van der Waals surface area contributed by atoms with Crippen LogP contribution < -0.4 is 10.1 Å². The Labute approximate surface area is 201 Å². The second-order valence-corrected chi connectivity index (χ2v) is 7.38. The molecule has 0 amide bonds. The van der Waals surface area contributed by atoms with E-state index in [0.717, 1.165) is 38.1 Å². The molecule has 12 heteroatoms. The second kappa shape index (κ2) is 11.2. The molecule has 1 unspecified atom stereocenters. The van der Waals surface area contributed by atoms with E-state index in [1.165, 1.54) is 5.56 Å². The van der Waals surface area contributed by atoms with Gasteiger partial charge in [-0.25, -0.2) is 9.98 Å². The van der Waals surface area contributed by atoms with Crippen LogP contribution in [0.15, 0.2) is 29.6 Å². The number of guanidine groups is 1. The van der Waals surface area contributed by atoms with E-state index in [2.05, 4.69) is 25.3 Å². The smallest absolute Gasteiger partial charge is 0.417 e. The minimum atomic E-state index is -4.50. The highest BCUT2D eigenvalue weighted by atomic mass is 127. The molecule has 7 nitrogen and oxygen atoms in total. The summed E-state index contributed by atoms with van der Waals surface area (Å²) in [5.41, 5.74) is 0.298. The van der Waals surface area contributed by atoms with Crippen LogP contribution in [0.4, 0.5) is 13.2 Å². The molecule has 0 radical (unpaired) electrons. The van der Waals surface area contributed by atoms with Crippen molar-refractivity contribution in [3.05, 3.63) is 40.8 Å². The van der Waals surface area contributed by atoms with Crippen molar-refractivity contribution in [2.75, 3.05) is 32.8 Å². The maximum absolute atomic E-state index is 12.7. The Morgan fingerprint density at radius 2 is 2.16 bits per heavy atom. The lowest BCUT2D eigenvalue weighted by atomic mass is 10.0. The molecule has 3 rings (SSSR count). The molecular weight excluding hydrogens is 548 g/mol. The van der Waals surface area contributed by atoms with Gasteiger partial charge in [0.15, 0.2) is 5.96 Å². The van der Waals surface area contributed by atoms with Gasteiger partial charge in [-0.15, -0.1) is 24.0 Å². The molecule has 1 aliphatic heterocycles. The van der Waals surface area contributed by atoms with Crippen molar-refractivity contribution >= 4 is 41.5 Å². The van der Waals surface area contributed by atoms with Gasteiger partial charge in [0.25, 0.3) is 0 Å². The van der Waals surface area contributed by atoms with Gasteiger partial charge in [0.05, 0.1) is 18.3 Å². The minimum Gasteiger partial charge on any atom is -0.475 e. The predicted octanol–water partition coefficient (Wildman–Crippen LogP) is 3.94. The summed E-state index contributed by atoms with van der Waals surface area (Å²) in [6.07, 6.45) is 1.15. The largest absolute Gasteiger partial charge is 0.475 e. The number of alkyl halides is 3. The van der Waals surface area contributed by atoms with E-state index < -0.39 is 11.7 Å². The Bertz CT molecular complexity index is 892. The number of aliphatic imine (C=N–C) groups is 1. The normalized spacial score (nSPS) is 16.9. The van der Waals surface area contributed by atoms with Gasteiger partial charge in [-0.3, -0.25) is 4.68 Å². The fourth-order valence-electron chi connectivity index (χ4n) is 3.28. The Hall–Kier alpha value is -1.76. The van der Waals surface area contributed by atoms with Gasteiger partial charge in [-0.2, -0.15) is 18.3 Å². The minimum absolute atomic E-state index is 0. The number of halogens is 5. The quantitative estimate of drug-likeness (QED) is 0.246. The summed E-state index contributed by atoms with van der Waals surface area (Å²) in [7, 11) is 1.90. The van der Waals surface area contributed by atoms with Crippen LogP contribution in [0.1, 0.15) is 30.4 Å². The fourth-order valence-corrected chi connectivity index (χ4v) is 3.50. The molecule has 2 aromatic rings. The van der Waals surface area contributed by atoms with Gasteiger partial charge in [0.1, 0.15) is 11.6 Å². The van der Waals surface area contributed by atoms with E-state index in [-0.39, 0.29) is 41.5 Å². The molecule has 0 saturated carbocycles. The molecule has 0 aliphatic carbocycles. The number of aryl methyl sites for hydroxylation is 1. The Kier molecular flexibility index (Phi) is 9.22. The van der Waals surface area contributed by atoms with Crippen molar-refractivity contribution in [1.29, 1.82) is 0 Å². The lowest BCUT2D eigenvalue weighted by Gasteiger charge is -2.21. The molecule has 0 bridgehead atoms. The zero-order valence-corrected chi connectivity index (χ0v) is 20.3. The van der Waals surface area contributed by atoms with E-state index in [9.17, 15) is 13.2 Å². The second-order valence-electron chi connectivity index (χ2n) is 6.97. The third kappa shape index (κ3) is 6.86. The van der Waals surface area contributed by atoms with Crippen molar-refractivity contribution in [2.24, 2.45) is 12.0 Å². The summed E-state index contributed by atoms with van der Waals surface area (Å²) in [6, 6.07) is 0.806. The molecule has 3 heterocycles. The maximum Gasteiger partial charge on any atom is 0.417 e. The summed E-state index contributed by atoms with van der Waals surface area (Å²) in [5, 5.41) is 7.33. The Morgan fingerprint density at radius 1 is 1.39 bits per heavy atom. The SMILES string of the molecule is CCNC(=NCCOc1ncc(C(F)(F)F)cc1Cl)N1CCC(c2cnn(C)c2)C1.I. The zero-order valence-electron chi connectivity index (χ0n) is 17.2. The van der Waals surface area contributed by atoms with Crippen molar-refractivity contribution in [2.45, 2.75) is 25.4 Å². The standard InChI is InChI=1S/C19H24ClF3N6O.HI/c1-3-24-18(29-6-4-13(12-29)14-9-27-28(2)11-14)25-5-7-30-17-16(20)8-15(10-26-17)19(21,22)23;/h8-11,13H,3-7,12H2,1-2H3,(H,24,25);1H. The van der Waals surface area contributed by atoms with Crippen molar-refractivity contribution in [1.82, 2.24) is 25.0 Å². The number of rotatable bonds is 6. The zero-order chi connectivity index (χ0) is 21.7. The van der Waals surface area contributed by atoms with E-state index in [1.807, 2.05) is 26.4 Å². The first-order valence-corrected chi connectivity index (χ1v) is 10.0. The third-order valence-electron chi connectivity index (χ3n) is 4.75. The number of ether oxygens (including phenoxy) is 1. The maximum atomic E-state index is 12.7. The van der Waals surface area contributed by atoms with Crippen LogP contribution in [0.3, 0.4) is 0 Å². The number of likely N-dealkylation sites (tertiary alicyclic amines) is 1. The van der Waals surface area contributed by atoms with E-state index >= 15 is 0 Å². The van der Waals surface area contributed by atoms with Crippen molar-refractivity contribution < 1.29 is 17.9 Å². The van der Waals surface area contributed by atoms with Gasteiger partial charge >= 0.3 is 6.18 Å². The first-order valence-electron chi connectivity index (χ1n) is 9.65. The fraction of sp³-hybridized carbons (Fsp3) is 0.526. The van der Waals surface area contributed by atoms with Gasteiger partial charge in [0.2, 0.25) is 5.88 Å². The summed E-state index contributed by atoms with van der Waals surface area (Å²) >= 11 is 5.86. The molecule has 1 N–H and O–H groups in total. The summed E-state index contributed by atoms with van der Waals surface area (Å²) in [6.45, 7) is 4.89. The molecular formula is C19H25ClF3IN6O. The summed E-state index contributed by atoms with van der Waals surface area (Å²) in [5.74, 6) is 1.13. The van der Waals surface area contributed by atoms with Gasteiger partial charge in [-0.05, 0) is 25.0 Å². The first kappa shape index (κ1) is 25.5. The molecule has 1 fully saturated rings. The number of pyridine rings is 1. The van der Waals surface area contributed by atoms with Crippen LogP contribution in [0.5, 0.6) is 5.88 Å². The topological polar surface area (TPSA) is 67.6 Å². The van der Waals surface area contributed by atoms with Crippen LogP contribution >= 0.6 is 35.6 Å². The monoisotopic (exact) mass is 572 g/mol. The average Bonchev–Trinajstić information content (AvgIpc) is 3.33. The van der Waals surface area contributed by atoms with Gasteiger partial charge < -0.3 is 15.0 Å². The van der Waals surface area contributed by atoms with E-state index in [1.54, 1.807) is 4.68 Å². The molecule has 0 aromatic carbocycles. The Morgan fingerprint density at radius 3 is 2.77 bits per heavy atom. The number of nitrogens with one attached hydrogen (secondary N) is 1. The molecule has 1 atom stereocenters. The summed E-state index contributed by atoms with van der Waals surface area (Å²) in [4.78, 5) is 10.4. The van der Waals surface area contributed by atoms with Crippen LogP contribution in [0.25, 0.3) is 0 Å². The van der Waals surface area contributed by atoms with Crippen LogP contribution in [0.2, 0.25) is 5.02 Å². The Balaban J connectivity index is 0.00000341.